The number of hydrogen-bond donors (Lipinski definition) is 0. The molecule has 1 aromatic rings. The highest BCUT2D eigenvalue weighted by Gasteiger charge is 2.46. The van der Waals surface area contributed by atoms with Gasteiger partial charge in [0.15, 0.2) is 0 Å². The van der Waals surface area contributed by atoms with Crippen LogP contribution in [0.25, 0.3) is 0 Å². The van der Waals surface area contributed by atoms with Crippen molar-refractivity contribution >= 4 is 21.8 Å². The molecule has 1 atom stereocenters. The Labute approximate surface area is 126 Å². The molecule has 0 radical (unpaired) electrons. The molecule has 0 saturated carbocycles. The Kier molecular flexibility index (Phi) is 3.44. The fourth-order valence-corrected chi connectivity index (χ4v) is 4.31. The average Bonchev–Trinajstić information content (AvgIpc) is 2.64. The van der Waals surface area contributed by atoms with Gasteiger partial charge in [0.05, 0.1) is 6.54 Å². The van der Waals surface area contributed by atoms with Gasteiger partial charge in [0.1, 0.15) is 5.82 Å². The summed E-state index contributed by atoms with van der Waals surface area (Å²) >= 11 is 3.65. The smallest absolute Gasteiger partial charge is 0.228 e. The highest BCUT2D eigenvalue weighted by atomic mass is 79.9. The molecule has 4 heteroatoms. The minimum Gasteiger partial charge on any atom is -0.310 e. The summed E-state index contributed by atoms with van der Waals surface area (Å²) in [7, 11) is 0. The molecule has 1 aromatic carbocycles. The van der Waals surface area contributed by atoms with E-state index in [1.165, 1.54) is 12.1 Å². The minimum atomic E-state index is -0.246. The van der Waals surface area contributed by atoms with Crippen molar-refractivity contribution in [2.45, 2.75) is 39.2 Å². The van der Waals surface area contributed by atoms with E-state index in [2.05, 4.69) is 22.9 Å². The number of hydrogen-bond acceptors (Lipinski definition) is 1. The van der Waals surface area contributed by atoms with Crippen LogP contribution in [-0.4, -0.2) is 10.8 Å². The van der Waals surface area contributed by atoms with Crippen molar-refractivity contribution in [2.75, 3.05) is 0 Å². The van der Waals surface area contributed by atoms with Crippen LogP contribution in [0, 0.1) is 11.2 Å². The highest BCUT2D eigenvalue weighted by Crippen LogP contribution is 2.51. The first kappa shape index (κ1) is 13.8. The van der Waals surface area contributed by atoms with E-state index < -0.39 is 0 Å². The third-order valence-corrected chi connectivity index (χ3v) is 5.09. The Morgan fingerprint density at radius 3 is 2.75 bits per heavy atom. The van der Waals surface area contributed by atoms with Crippen LogP contribution in [0.1, 0.15) is 38.2 Å². The third-order valence-electron chi connectivity index (χ3n) is 4.32. The molecule has 1 amide bonds. The van der Waals surface area contributed by atoms with Crippen molar-refractivity contribution in [3.63, 3.8) is 0 Å². The minimum absolute atomic E-state index is 0.0335. The fraction of sp³-hybridized carbons (Fsp3) is 0.438. The van der Waals surface area contributed by atoms with Gasteiger partial charge in [-0.3, -0.25) is 4.79 Å². The van der Waals surface area contributed by atoms with Crippen molar-refractivity contribution in [3.05, 3.63) is 45.8 Å². The van der Waals surface area contributed by atoms with Gasteiger partial charge in [0.25, 0.3) is 0 Å². The fourth-order valence-electron chi connectivity index (χ4n) is 3.34. The van der Waals surface area contributed by atoms with Crippen LogP contribution in [-0.2, 0) is 11.3 Å². The maximum Gasteiger partial charge on any atom is 0.228 e. The molecule has 1 aliphatic heterocycles. The molecular weight excluding hydrogens is 321 g/mol. The Balaban J connectivity index is 1.92. The second-order valence-corrected chi connectivity index (χ2v) is 6.91. The standard InChI is InChI=1S/C16H17BrFNO/c1-16-8-2-3-13(17)15(16)19(14(20)9-16)10-11-4-6-12(18)7-5-11/h4-7H,2-3,8-10H2,1H3. The summed E-state index contributed by atoms with van der Waals surface area (Å²) in [6, 6.07) is 6.38. The zero-order valence-electron chi connectivity index (χ0n) is 11.5. The van der Waals surface area contributed by atoms with Gasteiger partial charge in [0.2, 0.25) is 5.91 Å². The van der Waals surface area contributed by atoms with Crippen LogP contribution in [0.4, 0.5) is 4.39 Å². The summed E-state index contributed by atoms with van der Waals surface area (Å²) in [6.07, 6.45) is 3.76. The summed E-state index contributed by atoms with van der Waals surface area (Å²) in [5.74, 6) is -0.0740. The first-order valence-corrected chi connectivity index (χ1v) is 7.73. The maximum absolute atomic E-state index is 13.0. The SMILES string of the molecule is CC12CCCC(Br)=C1N(Cc1ccc(F)cc1)C(=O)C2. The summed E-state index contributed by atoms with van der Waals surface area (Å²) < 4.78 is 14.1. The van der Waals surface area contributed by atoms with Crippen LogP contribution >= 0.6 is 15.9 Å². The average molecular weight is 338 g/mol. The number of amides is 1. The topological polar surface area (TPSA) is 20.3 Å². The predicted octanol–water partition coefficient (Wildman–Crippen LogP) is 4.35. The zero-order valence-corrected chi connectivity index (χ0v) is 13.0. The number of allylic oxidation sites excluding steroid dienone is 2. The van der Waals surface area contributed by atoms with E-state index in [1.54, 1.807) is 12.1 Å². The van der Waals surface area contributed by atoms with Crippen LogP contribution < -0.4 is 0 Å². The first-order chi connectivity index (χ1) is 9.49. The van der Waals surface area contributed by atoms with E-state index >= 15 is 0 Å². The molecule has 1 heterocycles. The summed E-state index contributed by atoms with van der Waals surface area (Å²) in [4.78, 5) is 14.2. The third kappa shape index (κ3) is 2.30. The molecule has 1 aliphatic carbocycles. The molecule has 3 rings (SSSR count). The molecule has 106 valence electrons. The second-order valence-electron chi connectivity index (χ2n) is 5.95. The van der Waals surface area contributed by atoms with E-state index in [4.69, 9.17) is 0 Å². The molecule has 1 saturated heterocycles. The molecule has 2 aliphatic rings. The lowest BCUT2D eigenvalue weighted by molar-refractivity contribution is -0.127. The van der Waals surface area contributed by atoms with Crippen molar-refractivity contribution < 1.29 is 9.18 Å². The van der Waals surface area contributed by atoms with Gasteiger partial charge in [-0.1, -0.05) is 35.0 Å². The predicted molar refractivity (Wildman–Crippen MR) is 79.5 cm³/mol. The summed E-state index contributed by atoms with van der Waals surface area (Å²) in [5.41, 5.74) is 2.06. The summed E-state index contributed by atoms with van der Waals surface area (Å²) in [5, 5.41) is 0. The normalized spacial score (nSPS) is 26.1. The molecule has 1 unspecified atom stereocenters. The number of benzene rings is 1. The van der Waals surface area contributed by atoms with Crippen LogP contribution in [0.5, 0.6) is 0 Å². The Hall–Kier alpha value is -1.16. The molecule has 0 bridgehead atoms. The number of nitrogens with zero attached hydrogens (tertiary/aromatic N) is 1. The number of likely N-dealkylation sites (tertiary alicyclic amines) is 1. The quantitative estimate of drug-likeness (QED) is 0.785. The van der Waals surface area contributed by atoms with Crippen molar-refractivity contribution in [1.82, 2.24) is 4.90 Å². The van der Waals surface area contributed by atoms with Gasteiger partial charge in [-0.25, -0.2) is 4.39 Å². The van der Waals surface area contributed by atoms with Crippen LogP contribution in [0.2, 0.25) is 0 Å². The molecule has 2 nitrogen and oxygen atoms in total. The van der Waals surface area contributed by atoms with E-state index in [0.717, 1.165) is 35.0 Å². The van der Waals surface area contributed by atoms with Gasteiger partial charge in [-0.15, -0.1) is 0 Å². The van der Waals surface area contributed by atoms with E-state index in [9.17, 15) is 9.18 Å². The highest BCUT2D eigenvalue weighted by molar-refractivity contribution is 9.11. The lowest BCUT2D eigenvalue weighted by Crippen LogP contribution is -2.27. The summed E-state index contributed by atoms with van der Waals surface area (Å²) in [6.45, 7) is 2.70. The molecule has 0 spiro atoms. The van der Waals surface area contributed by atoms with Gasteiger partial charge in [-0.2, -0.15) is 0 Å². The van der Waals surface area contributed by atoms with Gasteiger partial charge in [-0.05, 0) is 37.0 Å². The number of carbonyl (C=O) groups excluding carboxylic acids is 1. The van der Waals surface area contributed by atoms with Gasteiger partial charge >= 0.3 is 0 Å². The first-order valence-electron chi connectivity index (χ1n) is 6.93. The molecule has 0 aromatic heterocycles. The Morgan fingerprint density at radius 2 is 2.05 bits per heavy atom. The van der Waals surface area contributed by atoms with E-state index in [1.807, 2.05) is 4.90 Å². The molecule has 0 N–H and O–H groups in total. The van der Waals surface area contributed by atoms with E-state index in [0.29, 0.717) is 13.0 Å². The molecule has 20 heavy (non-hydrogen) atoms. The number of carbonyl (C=O) groups is 1. The van der Waals surface area contributed by atoms with Gasteiger partial charge < -0.3 is 4.90 Å². The zero-order chi connectivity index (χ0) is 14.3. The van der Waals surface area contributed by atoms with Crippen molar-refractivity contribution in [1.29, 1.82) is 0 Å². The van der Waals surface area contributed by atoms with Gasteiger partial charge in [0, 0.05) is 22.0 Å². The lowest BCUT2D eigenvalue weighted by atomic mass is 9.77. The van der Waals surface area contributed by atoms with Crippen LogP contribution in [0.3, 0.4) is 0 Å². The van der Waals surface area contributed by atoms with E-state index in [-0.39, 0.29) is 17.1 Å². The van der Waals surface area contributed by atoms with Crippen molar-refractivity contribution in [3.8, 4) is 0 Å². The Bertz CT molecular complexity index is 581. The van der Waals surface area contributed by atoms with Crippen molar-refractivity contribution in [2.24, 2.45) is 5.41 Å². The molecular formula is C16H17BrFNO. The van der Waals surface area contributed by atoms with Crippen LogP contribution in [0.15, 0.2) is 34.4 Å². The number of rotatable bonds is 2. The monoisotopic (exact) mass is 337 g/mol. The molecule has 1 fully saturated rings. The Morgan fingerprint density at radius 1 is 1.35 bits per heavy atom. The lowest BCUT2D eigenvalue weighted by Gasteiger charge is -2.33. The number of halogens is 2. The maximum atomic E-state index is 13.0. The second kappa shape index (κ2) is 4.99. The largest absolute Gasteiger partial charge is 0.310 e. The number of fused-ring (bicyclic) bond motifs is 1.